The van der Waals surface area contributed by atoms with Crippen molar-refractivity contribution in [3.05, 3.63) is 60.7 Å². The summed E-state index contributed by atoms with van der Waals surface area (Å²) < 4.78 is 29.8. The standard InChI is InChI=1S/C28H38O7SSi/c1-20-17-25(34-27(19-31-21(2)29)36-35-22(3)30)26(33-20)18-32-37(28(4,5)6,23-13-9-7-10-14-23)24-15-11-8-12-16-24/h7-16,20,25-27H,17-19H2,1-6H3/t20-,25?,26+,27?/m0/s1. The molecule has 0 spiro atoms. The second-order valence-corrected chi connectivity index (χ2v) is 15.5. The Hall–Kier alpha value is -2.17. The molecular weight excluding hydrogens is 508 g/mol. The maximum absolute atomic E-state index is 11.4. The van der Waals surface area contributed by atoms with Crippen LogP contribution in [0, 0.1) is 0 Å². The fourth-order valence-corrected chi connectivity index (χ4v) is 9.89. The zero-order valence-electron chi connectivity index (χ0n) is 22.5. The van der Waals surface area contributed by atoms with E-state index in [0.29, 0.717) is 13.0 Å². The molecule has 0 radical (unpaired) electrons. The van der Waals surface area contributed by atoms with Gasteiger partial charge in [0.2, 0.25) is 0 Å². The number of ether oxygens (including phenoxy) is 3. The summed E-state index contributed by atoms with van der Waals surface area (Å²) in [6.07, 6.45) is -0.0523. The minimum atomic E-state index is -2.75. The van der Waals surface area contributed by atoms with Crippen molar-refractivity contribution >= 4 is 42.7 Å². The van der Waals surface area contributed by atoms with Crippen LogP contribution in [0.25, 0.3) is 0 Å². The molecule has 9 heteroatoms. The van der Waals surface area contributed by atoms with Crippen LogP contribution >= 0.6 is 12.0 Å². The van der Waals surface area contributed by atoms with E-state index in [9.17, 15) is 9.59 Å². The molecular formula is C28H38O7SSi. The molecule has 7 nitrogen and oxygen atoms in total. The Bertz CT molecular complexity index is 955. The number of carbonyl (C=O) groups is 2. The zero-order valence-corrected chi connectivity index (χ0v) is 24.3. The Morgan fingerprint density at radius 1 is 1.00 bits per heavy atom. The van der Waals surface area contributed by atoms with E-state index < -0.39 is 25.7 Å². The minimum Gasteiger partial charge on any atom is -0.462 e. The molecule has 2 unspecified atom stereocenters. The highest BCUT2D eigenvalue weighted by molar-refractivity contribution is 7.95. The fraction of sp³-hybridized carbons (Fsp3) is 0.500. The van der Waals surface area contributed by atoms with Crippen molar-refractivity contribution in [3.63, 3.8) is 0 Å². The van der Waals surface area contributed by atoms with Crippen LogP contribution in [0.15, 0.2) is 60.7 Å². The van der Waals surface area contributed by atoms with Crippen LogP contribution in [-0.4, -0.2) is 57.2 Å². The first-order chi connectivity index (χ1) is 17.5. The molecule has 0 amide bonds. The molecule has 1 aliphatic rings. The third kappa shape index (κ3) is 7.67. The average molecular weight is 547 g/mol. The van der Waals surface area contributed by atoms with E-state index in [2.05, 4.69) is 69.3 Å². The third-order valence-electron chi connectivity index (χ3n) is 6.29. The van der Waals surface area contributed by atoms with Crippen molar-refractivity contribution in [1.29, 1.82) is 0 Å². The lowest BCUT2D eigenvalue weighted by Gasteiger charge is -2.43. The SMILES string of the molecule is CC(=O)OCC(OC1C[C@H](C)O[C@@H]1CO[Si](c1ccccc1)(c1ccccc1)C(C)(C)C)SOC(C)=O. The summed E-state index contributed by atoms with van der Waals surface area (Å²) in [6.45, 7) is 11.6. The first kappa shape index (κ1) is 29.4. The van der Waals surface area contributed by atoms with Gasteiger partial charge in [0.25, 0.3) is 8.32 Å². The van der Waals surface area contributed by atoms with Crippen molar-refractivity contribution in [2.24, 2.45) is 0 Å². The monoisotopic (exact) mass is 546 g/mol. The lowest BCUT2D eigenvalue weighted by atomic mass is 10.1. The van der Waals surface area contributed by atoms with E-state index in [1.54, 1.807) is 0 Å². The quantitative estimate of drug-likeness (QED) is 0.179. The zero-order chi connectivity index (χ0) is 27.1. The van der Waals surface area contributed by atoms with Gasteiger partial charge in [0.05, 0.1) is 30.9 Å². The number of esters is 1. The maximum Gasteiger partial charge on any atom is 0.314 e. The number of hydrogen-bond acceptors (Lipinski definition) is 8. The highest BCUT2D eigenvalue weighted by Crippen LogP contribution is 2.38. The molecule has 202 valence electrons. The van der Waals surface area contributed by atoms with Gasteiger partial charge in [0, 0.05) is 20.3 Å². The summed E-state index contributed by atoms with van der Waals surface area (Å²) in [5.41, 5.74) is -0.679. The van der Waals surface area contributed by atoms with Crippen LogP contribution in [-0.2, 0) is 32.4 Å². The molecule has 2 aromatic carbocycles. The number of hydrogen-bond donors (Lipinski definition) is 0. The molecule has 0 saturated carbocycles. The second-order valence-electron chi connectivity index (χ2n) is 10.3. The summed E-state index contributed by atoms with van der Waals surface area (Å²) in [4.78, 5) is 22.8. The topological polar surface area (TPSA) is 80.3 Å². The molecule has 2 aromatic rings. The smallest absolute Gasteiger partial charge is 0.314 e. The number of benzene rings is 2. The summed E-state index contributed by atoms with van der Waals surface area (Å²) in [6, 6.07) is 20.9. The van der Waals surface area contributed by atoms with Crippen molar-refractivity contribution in [3.8, 4) is 0 Å². The Balaban J connectivity index is 1.86. The lowest BCUT2D eigenvalue weighted by molar-refractivity contribution is -0.145. The summed E-state index contributed by atoms with van der Waals surface area (Å²) >= 11 is 0.847. The minimum absolute atomic E-state index is 0.0362. The van der Waals surface area contributed by atoms with E-state index in [1.165, 1.54) is 24.2 Å². The van der Waals surface area contributed by atoms with Gasteiger partial charge < -0.3 is 22.8 Å². The molecule has 4 atom stereocenters. The van der Waals surface area contributed by atoms with Gasteiger partial charge >= 0.3 is 11.9 Å². The molecule has 1 aliphatic heterocycles. The largest absolute Gasteiger partial charge is 0.462 e. The van der Waals surface area contributed by atoms with Gasteiger partial charge in [-0.15, -0.1) is 0 Å². The first-order valence-corrected chi connectivity index (χ1v) is 15.3. The summed E-state index contributed by atoms with van der Waals surface area (Å²) in [5, 5.41) is 2.21. The van der Waals surface area contributed by atoms with E-state index in [0.717, 1.165) is 12.0 Å². The van der Waals surface area contributed by atoms with Gasteiger partial charge in [-0.3, -0.25) is 9.59 Å². The van der Waals surface area contributed by atoms with Gasteiger partial charge in [0.1, 0.15) is 12.7 Å². The van der Waals surface area contributed by atoms with Crippen molar-refractivity contribution < 1.29 is 32.4 Å². The Morgan fingerprint density at radius 3 is 2.05 bits per heavy atom. The average Bonchev–Trinajstić information content (AvgIpc) is 3.20. The molecule has 1 fully saturated rings. The van der Waals surface area contributed by atoms with E-state index in [4.69, 9.17) is 22.8 Å². The van der Waals surface area contributed by atoms with Crippen molar-refractivity contribution in [2.75, 3.05) is 13.2 Å². The third-order valence-corrected chi connectivity index (χ3v) is 12.1. The van der Waals surface area contributed by atoms with Crippen LogP contribution in [0.3, 0.4) is 0 Å². The normalized spacial score (nSPS) is 20.9. The van der Waals surface area contributed by atoms with Gasteiger partial charge in [-0.1, -0.05) is 81.4 Å². The fourth-order valence-electron chi connectivity index (χ4n) is 4.77. The van der Waals surface area contributed by atoms with E-state index in [1.807, 2.05) is 19.1 Å². The van der Waals surface area contributed by atoms with E-state index >= 15 is 0 Å². The molecule has 0 aromatic heterocycles. The Labute approximate surface area is 225 Å². The Kier molecular flexibility index (Phi) is 10.4. The van der Waals surface area contributed by atoms with Gasteiger partial charge in [-0.2, -0.15) is 0 Å². The van der Waals surface area contributed by atoms with Crippen LogP contribution < -0.4 is 10.4 Å². The maximum atomic E-state index is 11.4. The Morgan fingerprint density at radius 2 is 1.57 bits per heavy atom. The van der Waals surface area contributed by atoms with E-state index in [-0.39, 0.29) is 30.0 Å². The first-order valence-electron chi connectivity index (χ1n) is 12.6. The highest BCUT2D eigenvalue weighted by Gasteiger charge is 2.51. The molecule has 37 heavy (non-hydrogen) atoms. The second kappa shape index (κ2) is 13.1. The predicted octanol–water partition coefficient (Wildman–Crippen LogP) is 4.23. The molecule has 0 N–H and O–H groups in total. The van der Waals surface area contributed by atoms with Gasteiger partial charge in [-0.25, -0.2) is 0 Å². The van der Waals surface area contributed by atoms with Crippen LogP contribution in [0.4, 0.5) is 0 Å². The predicted molar refractivity (Wildman–Crippen MR) is 147 cm³/mol. The van der Waals surface area contributed by atoms with Gasteiger partial charge in [-0.05, 0) is 22.3 Å². The van der Waals surface area contributed by atoms with Crippen LogP contribution in [0.5, 0.6) is 0 Å². The number of carbonyl (C=O) groups excluding carboxylic acids is 2. The highest BCUT2D eigenvalue weighted by atomic mass is 32.2. The molecule has 1 heterocycles. The van der Waals surface area contributed by atoms with Crippen LogP contribution in [0.1, 0.15) is 48.0 Å². The molecule has 3 rings (SSSR count). The van der Waals surface area contributed by atoms with Crippen molar-refractivity contribution in [1.82, 2.24) is 0 Å². The molecule has 0 aliphatic carbocycles. The molecule has 1 saturated heterocycles. The van der Waals surface area contributed by atoms with Gasteiger partial charge in [0.15, 0.2) is 5.44 Å². The lowest BCUT2D eigenvalue weighted by Crippen LogP contribution is -2.67. The summed E-state index contributed by atoms with van der Waals surface area (Å²) in [7, 11) is -2.75. The molecule has 0 bridgehead atoms. The number of rotatable bonds is 11. The van der Waals surface area contributed by atoms with Crippen molar-refractivity contribution in [2.45, 2.75) is 76.7 Å². The van der Waals surface area contributed by atoms with Crippen LogP contribution in [0.2, 0.25) is 5.04 Å². The summed E-state index contributed by atoms with van der Waals surface area (Å²) in [5.74, 6) is -0.885.